The van der Waals surface area contributed by atoms with Gasteiger partial charge in [-0.15, -0.1) is 0 Å². The molecule has 2 amide bonds. The summed E-state index contributed by atoms with van der Waals surface area (Å²) in [5.41, 5.74) is 3.97. The van der Waals surface area contributed by atoms with Crippen molar-refractivity contribution in [1.29, 1.82) is 0 Å². The second kappa shape index (κ2) is 15.4. The van der Waals surface area contributed by atoms with Crippen LogP contribution in [0.2, 0.25) is 0 Å². The molecule has 1 atom stereocenters. The highest BCUT2D eigenvalue weighted by atomic mass is 79.9. The summed E-state index contributed by atoms with van der Waals surface area (Å²) in [6, 6.07) is 29.6. The molecule has 0 aliphatic heterocycles. The fraction of sp³-hybridized carbons (Fsp3) is 0.278. The molecule has 7 nitrogen and oxygen atoms in total. The average Bonchev–Trinajstić information content (AvgIpc) is 3.02. The molecule has 0 spiro atoms. The summed E-state index contributed by atoms with van der Waals surface area (Å²) >= 11 is 3.51. The quantitative estimate of drug-likeness (QED) is 0.170. The van der Waals surface area contributed by atoms with Gasteiger partial charge < -0.3 is 10.2 Å². The zero-order valence-corrected chi connectivity index (χ0v) is 28.5. The summed E-state index contributed by atoms with van der Waals surface area (Å²) in [4.78, 5) is 30.0. The Morgan fingerprint density at radius 1 is 0.800 bits per heavy atom. The van der Waals surface area contributed by atoms with Crippen molar-refractivity contribution in [2.24, 2.45) is 5.92 Å². The molecule has 236 valence electrons. The Labute approximate surface area is 275 Å². The maximum Gasteiger partial charge on any atom is 0.264 e. The molecule has 0 saturated heterocycles. The van der Waals surface area contributed by atoms with Crippen molar-refractivity contribution in [2.75, 3.05) is 17.4 Å². The predicted molar refractivity (Wildman–Crippen MR) is 183 cm³/mol. The van der Waals surface area contributed by atoms with Gasteiger partial charge in [0.2, 0.25) is 11.8 Å². The third-order valence-electron chi connectivity index (χ3n) is 7.59. The first kappa shape index (κ1) is 33.9. The van der Waals surface area contributed by atoms with Crippen LogP contribution in [0.5, 0.6) is 0 Å². The Morgan fingerprint density at radius 2 is 1.44 bits per heavy atom. The lowest BCUT2D eigenvalue weighted by Gasteiger charge is -2.34. The number of amides is 2. The van der Waals surface area contributed by atoms with Gasteiger partial charge in [0, 0.05) is 24.0 Å². The molecule has 0 saturated carbocycles. The minimum atomic E-state index is -4.14. The monoisotopic (exact) mass is 689 g/mol. The van der Waals surface area contributed by atoms with Crippen molar-refractivity contribution in [3.63, 3.8) is 0 Å². The molecule has 0 aliphatic carbocycles. The number of halogens is 1. The Balaban J connectivity index is 1.81. The van der Waals surface area contributed by atoms with E-state index in [4.69, 9.17) is 0 Å². The highest BCUT2D eigenvalue weighted by Gasteiger charge is 2.34. The van der Waals surface area contributed by atoms with E-state index in [1.165, 1.54) is 17.0 Å². The minimum absolute atomic E-state index is 0.0741. The van der Waals surface area contributed by atoms with Crippen molar-refractivity contribution in [1.82, 2.24) is 10.2 Å². The van der Waals surface area contributed by atoms with Gasteiger partial charge in [-0.1, -0.05) is 96.5 Å². The van der Waals surface area contributed by atoms with Crippen LogP contribution in [0.1, 0.15) is 36.1 Å². The third-order valence-corrected chi connectivity index (χ3v) is 9.87. The van der Waals surface area contributed by atoms with Crippen molar-refractivity contribution in [3.05, 3.63) is 130 Å². The van der Waals surface area contributed by atoms with Crippen LogP contribution in [-0.2, 0) is 32.6 Å². The third kappa shape index (κ3) is 9.05. The van der Waals surface area contributed by atoms with Gasteiger partial charge in [0.15, 0.2) is 0 Å². The zero-order valence-electron chi connectivity index (χ0n) is 26.1. The topological polar surface area (TPSA) is 86.8 Å². The van der Waals surface area contributed by atoms with Crippen molar-refractivity contribution in [2.45, 2.75) is 51.6 Å². The summed E-state index contributed by atoms with van der Waals surface area (Å²) in [7, 11) is -4.14. The molecule has 45 heavy (non-hydrogen) atoms. The van der Waals surface area contributed by atoms with Gasteiger partial charge in [-0.2, -0.15) is 0 Å². The number of anilines is 1. The first-order valence-corrected chi connectivity index (χ1v) is 17.2. The summed E-state index contributed by atoms with van der Waals surface area (Å²) in [6.07, 6.45) is 0.263. The van der Waals surface area contributed by atoms with Crippen LogP contribution < -0.4 is 9.62 Å². The molecule has 0 aromatic heterocycles. The van der Waals surface area contributed by atoms with Crippen LogP contribution in [0.25, 0.3) is 0 Å². The van der Waals surface area contributed by atoms with Crippen LogP contribution in [0, 0.1) is 19.8 Å². The molecule has 4 aromatic carbocycles. The highest BCUT2D eigenvalue weighted by Crippen LogP contribution is 2.27. The van der Waals surface area contributed by atoms with Crippen molar-refractivity contribution < 1.29 is 18.0 Å². The minimum Gasteiger partial charge on any atom is -0.354 e. The van der Waals surface area contributed by atoms with Crippen LogP contribution in [-0.4, -0.2) is 44.3 Å². The highest BCUT2D eigenvalue weighted by molar-refractivity contribution is 9.10. The van der Waals surface area contributed by atoms with Crippen LogP contribution in [0.4, 0.5) is 5.69 Å². The summed E-state index contributed by atoms with van der Waals surface area (Å²) in [6.45, 7) is 7.93. The van der Waals surface area contributed by atoms with E-state index < -0.39 is 28.5 Å². The first-order chi connectivity index (χ1) is 21.5. The molecule has 1 unspecified atom stereocenters. The van der Waals surface area contributed by atoms with Crippen molar-refractivity contribution in [3.8, 4) is 0 Å². The Kier molecular flexibility index (Phi) is 11.6. The molecule has 0 fully saturated rings. The number of hydrogen-bond acceptors (Lipinski definition) is 4. The maximum atomic E-state index is 14.5. The van der Waals surface area contributed by atoms with E-state index in [9.17, 15) is 18.0 Å². The smallest absolute Gasteiger partial charge is 0.264 e. The normalized spacial score (nSPS) is 12.0. The molecular formula is C36H40BrN3O4S. The van der Waals surface area contributed by atoms with Gasteiger partial charge in [-0.05, 0) is 78.4 Å². The van der Waals surface area contributed by atoms with E-state index in [1.54, 1.807) is 30.3 Å². The largest absolute Gasteiger partial charge is 0.354 e. The van der Waals surface area contributed by atoms with Gasteiger partial charge >= 0.3 is 0 Å². The second-order valence-electron chi connectivity index (χ2n) is 11.6. The fourth-order valence-corrected chi connectivity index (χ4v) is 6.81. The molecule has 9 heteroatoms. The van der Waals surface area contributed by atoms with Crippen LogP contribution in [0.3, 0.4) is 0 Å². The number of nitrogens with zero attached hydrogens (tertiary/aromatic N) is 2. The number of benzene rings is 4. The van der Waals surface area contributed by atoms with Gasteiger partial charge in [0.05, 0.1) is 10.6 Å². The van der Waals surface area contributed by atoms with E-state index in [0.717, 1.165) is 31.0 Å². The fourth-order valence-electron chi connectivity index (χ4n) is 4.94. The van der Waals surface area contributed by atoms with Crippen LogP contribution >= 0.6 is 15.9 Å². The lowest BCUT2D eigenvalue weighted by atomic mass is 10.0. The molecule has 4 rings (SSSR count). The van der Waals surface area contributed by atoms with Gasteiger partial charge in [0.1, 0.15) is 12.6 Å². The van der Waals surface area contributed by atoms with Crippen molar-refractivity contribution >= 4 is 43.5 Å². The number of sulfonamides is 1. The van der Waals surface area contributed by atoms with E-state index in [0.29, 0.717) is 12.2 Å². The Morgan fingerprint density at radius 3 is 2.07 bits per heavy atom. The number of aryl methyl sites for hydroxylation is 2. The SMILES string of the molecule is Cc1ccc(N(CC(=O)N(Cc2cccc(Br)c2)C(Cc2ccccc2)C(=O)NCC(C)C)S(=O)(=O)c2ccccc2)cc1C. The summed E-state index contributed by atoms with van der Waals surface area (Å²) in [5.74, 6) is -0.579. The average molecular weight is 691 g/mol. The second-order valence-corrected chi connectivity index (χ2v) is 14.4. The Bertz CT molecular complexity index is 1710. The summed E-state index contributed by atoms with van der Waals surface area (Å²) < 4.78 is 30.2. The Hall–Kier alpha value is -3.95. The number of hydrogen-bond donors (Lipinski definition) is 1. The first-order valence-electron chi connectivity index (χ1n) is 15.0. The van der Waals surface area contributed by atoms with E-state index >= 15 is 0 Å². The molecule has 0 radical (unpaired) electrons. The van der Waals surface area contributed by atoms with Gasteiger partial charge in [-0.3, -0.25) is 13.9 Å². The van der Waals surface area contributed by atoms with E-state index in [2.05, 4.69) is 21.2 Å². The molecule has 0 aliphatic rings. The predicted octanol–water partition coefficient (Wildman–Crippen LogP) is 6.67. The van der Waals surface area contributed by atoms with Crippen LogP contribution in [0.15, 0.2) is 112 Å². The summed E-state index contributed by atoms with van der Waals surface area (Å²) in [5, 5.41) is 3.02. The molecule has 0 heterocycles. The molecule has 1 N–H and O–H groups in total. The van der Waals surface area contributed by atoms with E-state index in [-0.39, 0.29) is 29.7 Å². The lowest BCUT2D eigenvalue weighted by molar-refractivity contribution is -0.140. The molecule has 4 aromatic rings. The van der Waals surface area contributed by atoms with E-state index in [1.807, 2.05) is 88.4 Å². The molecule has 0 bridgehead atoms. The standard InChI is InChI=1S/C36H40BrN3O4S/c1-26(2)23-38-36(42)34(22-29-12-7-5-8-13-29)39(24-30-14-11-15-31(37)21-30)35(41)25-40(32-19-18-27(3)28(4)20-32)45(43,44)33-16-9-6-10-17-33/h5-21,26,34H,22-25H2,1-4H3,(H,38,42). The number of carbonyl (C=O) groups is 2. The lowest BCUT2D eigenvalue weighted by Crippen LogP contribution is -2.53. The van der Waals surface area contributed by atoms with Gasteiger partial charge in [-0.25, -0.2) is 8.42 Å². The van der Waals surface area contributed by atoms with Gasteiger partial charge in [0.25, 0.3) is 10.0 Å². The molecular weight excluding hydrogens is 650 g/mol. The number of rotatable bonds is 13. The maximum absolute atomic E-state index is 14.5. The number of carbonyl (C=O) groups excluding carboxylic acids is 2. The zero-order chi connectivity index (χ0) is 32.6. The number of nitrogens with one attached hydrogen (secondary N) is 1.